The van der Waals surface area contributed by atoms with Gasteiger partial charge in [-0.05, 0) is 43.5 Å². The monoisotopic (exact) mass is 403 g/mol. The van der Waals surface area contributed by atoms with Gasteiger partial charge in [-0.1, -0.05) is 0 Å². The largest absolute Gasteiger partial charge is 0.451 e. The predicted octanol–water partition coefficient (Wildman–Crippen LogP) is 1.98. The molecule has 148 valence electrons. The highest BCUT2D eigenvalue weighted by molar-refractivity contribution is 7.86. The Bertz CT molecular complexity index is 978. The number of aryl methyl sites for hydroxylation is 2. The van der Waals surface area contributed by atoms with Crippen LogP contribution < -0.4 is 10.0 Å². The molecule has 2 N–H and O–H groups in total. The molecule has 27 heavy (non-hydrogen) atoms. The Morgan fingerprint density at radius 3 is 2.33 bits per heavy atom. The van der Waals surface area contributed by atoms with Crippen LogP contribution in [-0.2, 0) is 16.4 Å². The SMILES string of the molecule is Cc1cc2nc(C(F)(F)F)nc(N3CCCN(S(N)(=O)=O)CC3)c2cc1C. The number of halogens is 3. The highest BCUT2D eigenvalue weighted by atomic mass is 32.2. The molecule has 2 aromatic rings. The zero-order chi connectivity index (χ0) is 20.0. The Morgan fingerprint density at radius 2 is 1.70 bits per heavy atom. The summed E-state index contributed by atoms with van der Waals surface area (Å²) >= 11 is 0. The van der Waals surface area contributed by atoms with Crippen molar-refractivity contribution in [1.82, 2.24) is 14.3 Å². The zero-order valence-corrected chi connectivity index (χ0v) is 15.7. The molecule has 0 radical (unpaired) electrons. The van der Waals surface area contributed by atoms with Gasteiger partial charge in [0.15, 0.2) is 0 Å². The van der Waals surface area contributed by atoms with Gasteiger partial charge in [0, 0.05) is 31.6 Å². The molecule has 3 rings (SSSR count). The lowest BCUT2D eigenvalue weighted by molar-refractivity contribution is -0.144. The number of aromatic nitrogens is 2. The van der Waals surface area contributed by atoms with Gasteiger partial charge in [0.1, 0.15) is 5.82 Å². The van der Waals surface area contributed by atoms with Crippen LogP contribution in [-0.4, -0.2) is 48.9 Å². The van der Waals surface area contributed by atoms with Crippen LogP contribution in [0, 0.1) is 13.8 Å². The molecule has 0 saturated carbocycles. The van der Waals surface area contributed by atoms with Gasteiger partial charge in [-0.2, -0.15) is 25.9 Å². The standard InChI is InChI=1S/C16H20F3N5O2S/c1-10-8-12-13(9-11(10)2)21-15(16(17,18)19)22-14(12)23-4-3-5-24(7-6-23)27(20,25)26/h8-9H,3-7H2,1-2H3,(H2,20,25,26). The fourth-order valence-corrected chi connectivity index (χ4v) is 3.82. The molecular formula is C16H20F3N5O2S. The lowest BCUT2D eigenvalue weighted by Crippen LogP contribution is -2.39. The van der Waals surface area contributed by atoms with Gasteiger partial charge in [0.05, 0.1) is 5.52 Å². The summed E-state index contributed by atoms with van der Waals surface area (Å²) in [7, 11) is -3.85. The first-order valence-corrected chi connectivity index (χ1v) is 9.86. The maximum Gasteiger partial charge on any atom is 0.451 e. The summed E-state index contributed by atoms with van der Waals surface area (Å²) in [6, 6.07) is 3.38. The average Bonchev–Trinajstić information content (AvgIpc) is 2.80. The van der Waals surface area contributed by atoms with Crippen molar-refractivity contribution in [2.24, 2.45) is 5.14 Å². The van der Waals surface area contributed by atoms with Gasteiger partial charge in [0.2, 0.25) is 5.82 Å². The number of nitrogens with zero attached hydrogens (tertiary/aromatic N) is 4. The van der Waals surface area contributed by atoms with Crippen LogP contribution in [0.3, 0.4) is 0 Å². The van der Waals surface area contributed by atoms with Crippen LogP contribution in [0.2, 0.25) is 0 Å². The summed E-state index contributed by atoms with van der Waals surface area (Å²) in [6.45, 7) is 4.51. The Hall–Kier alpha value is -1.98. The molecule has 0 amide bonds. The van der Waals surface area contributed by atoms with Crippen molar-refractivity contribution in [2.45, 2.75) is 26.4 Å². The third-order valence-electron chi connectivity index (χ3n) is 4.66. The summed E-state index contributed by atoms with van der Waals surface area (Å²) in [5.41, 5.74) is 1.95. The van der Waals surface area contributed by atoms with E-state index in [1.807, 2.05) is 6.92 Å². The molecule has 1 saturated heterocycles. The van der Waals surface area contributed by atoms with Gasteiger partial charge in [-0.3, -0.25) is 0 Å². The lowest BCUT2D eigenvalue weighted by Gasteiger charge is -2.24. The number of benzene rings is 1. The number of nitrogens with two attached hydrogens (primary N) is 1. The second kappa shape index (κ2) is 6.88. The Kier molecular flexibility index (Phi) is 5.04. The van der Waals surface area contributed by atoms with Crippen LogP contribution >= 0.6 is 0 Å². The van der Waals surface area contributed by atoms with Crippen molar-refractivity contribution in [1.29, 1.82) is 0 Å². The molecule has 2 heterocycles. The van der Waals surface area contributed by atoms with Crippen molar-refractivity contribution in [3.05, 3.63) is 29.1 Å². The van der Waals surface area contributed by atoms with E-state index in [0.717, 1.165) is 15.4 Å². The molecule has 1 aromatic carbocycles. The molecular weight excluding hydrogens is 383 g/mol. The maximum atomic E-state index is 13.3. The number of rotatable bonds is 2. The lowest BCUT2D eigenvalue weighted by atomic mass is 10.1. The van der Waals surface area contributed by atoms with Crippen LogP contribution in [0.15, 0.2) is 12.1 Å². The Labute approximate surface area is 155 Å². The van der Waals surface area contributed by atoms with Crippen LogP contribution in [0.4, 0.5) is 19.0 Å². The third-order valence-corrected chi connectivity index (χ3v) is 5.74. The number of hydrogen-bond donors (Lipinski definition) is 1. The highest BCUT2D eigenvalue weighted by Gasteiger charge is 2.36. The van der Waals surface area contributed by atoms with Crippen LogP contribution in [0.1, 0.15) is 23.4 Å². The minimum Gasteiger partial charge on any atom is -0.355 e. The van der Waals surface area contributed by atoms with E-state index in [4.69, 9.17) is 5.14 Å². The molecule has 1 fully saturated rings. The van der Waals surface area contributed by atoms with Gasteiger partial charge < -0.3 is 4.90 Å². The first kappa shape index (κ1) is 19.8. The molecule has 0 bridgehead atoms. The maximum absolute atomic E-state index is 13.3. The third kappa shape index (κ3) is 4.14. The topological polar surface area (TPSA) is 92.4 Å². The van der Waals surface area contributed by atoms with E-state index in [1.165, 1.54) is 0 Å². The summed E-state index contributed by atoms with van der Waals surface area (Å²) in [4.78, 5) is 9.14. The van der Waals surface area contributed by atoms with E-state index in [0.29, 0.717) is 18.4 Å². The molecule has 0 aliphatic carbocycles. The van der Waals surface area contributed by atoms with E-state index < -0.39 is 22.2 Å². The number of alkyl halides is 3. The van der Waals surface area contributed by atoms with Crippen molar-refractivity contribution in [2.75, 3.05) is 31.1 Å². The van der Waals surface area contributed by atoms with E-state index >= 15 is 0 Å². The van der Waals surface area contributed by atoms with Gasteiger partial charge in [-0.25, -0.2) is 15.1 Å². The van der Waals surface area contributed by atoms with E-state index in [1.54, 1.807) is 24.0 Å². The highest BCUT2D eigenvalue weighted by Crippen LogP contribution is 2.33. The second-order valence-electron chi connectivity index (χ2n) is 6.61. The van der Waals surface area contributed by atoms with Crippen molar-refractivity contribution in [3.63, 3.8) is 0 Å². The quantitative estimate of drug-likeness (QED) is 0.828. The van der Waals surface area contributed by atoms with Gasteiger partial charge >= 0.3 is 6.18 Å². The van der Waals surface area contributed by atoms with Crippen LogP contribution in [0.25, 0.3) is 10.9 Å². The molecule has 11 heteroatoms. The average molecular weight is 403 g/mol. The van der Waals surface area contributed by atoms with E-state index in [2.05, 4.69) is 9.97 Å². The summed E-state index contributed by atoms with van der Waals surface area (Å²) < 4.78 is 64.1. The van der Waals surface area contributed by atoms with Crippen molar-refractivity contribution in [3.8, 4) is 0 Å². The number of fused-ring (bicyclic) bond motifs is 1. The number of hydrogen-bond acceptors (Lipinski definition) is 5. The minimum atomic E-state index is -4.68. The molecule has 1 aliphatic heterocycles. The Morgan fingerprint density at radius 1 is 1.04 bits per heavy atom. The molecule has 0 atom stereocenters. The molecule has 1 aliphatic rings. The smallest absolute Gasteiger partial charge is 0.355 e. The molecule has 0 spiro atoms. The van der Waals surface area contributed by atoms with Crippen molar-refractivity contribution < 1.29 is 21.6 Å². The fraction of sp³-hybridized carbons (Fsp3) is 0.500. The minimum absolute atomic E-state index is 0.0799. The van der Waals surface area contributed by atoms with Gasteiger partial charge in [0.25, 0.3) is 10.2 Å². The second-order valence-corrected chi connectivity index (χ2v) is 8.15. The van der Waals surface area contributed by atoms with Crippen LogP contribution in [0.5, 0.6) is 0 Å². The normalized spacial score (nSPS) is 17.3. The molecule has 0 unspecified atom stereocenters. The number of anilines is 1. The molecule has 7 nitrogen and oxygen atoms in total. The summed E-state index contributed by atoms with van der Waals surface area (Å²) in [6.07, 6.45) is -4.26. The van der Waals surface area contributed by atoms with Crippen molar-refractivity contribution >= 4 is 26.9 Å². The van der Waals surface area contributed by atoms with E-state index in [-0.39, 0.29) is 31.0 Å². The Balaban J connectivity index is 2.10. The van der Waals surface area contributed by atoms with E-state index in [9.17, 15) is 21.6 Å². The first-order chi connectivity index (χ1) is 12.5. The fourth-order valence-electron chi connectivity index (χ4n) is 3.10. The summed E-state index contributed by atoms with van der Waals surface area (Å²) in [5.74, 6) is -1.05. The first-order valence-electron chi connectivity index (χ1n) is 8.36. The molecule has 1 aromatic heterocycles. The zero-order valence-electron chi connectivity index (χ0n) is 14.9. The predicted molar refractivity (Wildman–Crippen MR) is 95.5 cm³/mol. The van der Waals surface area contributed by atoms with Gasteiger partial charge in [-0.15, -0.1) is 0 Å². The summed E-state index contributed by atoms with van der Waals surface area (Å²) in [5, 5.41) is 5.69.